The topological polar surface area (TPSA) is 93.1 Å². The standard InChI is InChI=1S/C25H34O6/c1-4-5-21-30-20-11-17-16-7-6-14-10-15(27)8-9-23(14,2)22(16)18(28)12-24(17,3)25(20,31-21)19(29)13-26/h8-10,16-18,20-22,26,28H,4-7,11-13H2,1-3H3/t16-,17-,18?,20+,21?,22+,23-,24-,25+/m0/s1/i1D3,2D3,3D3,4D2,5D2,6D2,7D2,8D,9D,10D,11D2,12D2,13D2,16D,17D,18D,20D,21D,22D,26D,28D. The average Bonchev–Trinajstić information content (AvgIpc) is 3.44. The van der Waals surface area contributed by atoms with Crippen molar-refractivity contribution in [3.63, 3.8) is 0 Å². The summed E-state index contributed by atoms with van der Waals surface area (Å²) in [6, 6.07) is -6.64. The van der Waals surface area contributed by atoms with E-state index in [4.69, 9.17) is 41.1 Å². The summed E-state index contributed by atoms with van der Waals surface area (Å²) in [5.41, 5.74) is -18.9. The molecule has 1 heterocycles. The molecular weight excluding hydrogens is 396 g/mol. The van der Waals surface area contributed by atoms with Crippen molar-refractivity contribution >= 4 is 11.6 Å². The smallest absolute Gasteiger partial charge is 0.211 e. The number of hydrogen-bond acceptors (Lipinski definition) is 6. The van der Waals surface area contributed by atoms with Crippen LogP contribution in [0.5, 0.6) is 0 Å². The Morgan fingerprint density at radius 3 is 3.26 bits per heavy atom. The second-order valence-corrected chi connectivity index (χ2v) is 6.72. The molecule has 0 aromatic rings. The van der Waals surface area contributed by atoms with Crippen LogP contribution in [0.1, 0.15) is 103 Å². The second-order valence-electron chi connectivity index (χ2n) is 6.72. The number of allylic oxidation sites excluding steroid dienone is 4. The molecule has 6 heteroatoms. The summed E-state index contributed by atoms with van der Waals surface area (Å²) < 4.78 is 310. The number of fused-ring (bicyclic) bond motifs is 7. The lowest BCUT2D eigenvalue weighted by atomic mass is 9.46. The van der Waals surface area contributed by atoms with E-state index in [9.17, 15) is 19.9 Å². The molecule has 2 N–H and O–H groups in total. The van der Waals surface area contributed by atoms with E-state index in [2.05, 4.69) is 10.2 Å². The fraction of sp³-hybridized carbons (Fsp3) is 0.760. The normalized spacial score (nSPS) is 90.6. The van der Waals surface area contributed by atoms with Gasteiger partial charge in [-0.2, -0.15) is 0 Å². The molecule has 9 atom stereocenters. The predicted molar refractivity (Wildman–Crippen MR) is 113 cm³/mol. The molecule has 31 heavy (non-hydrogen) atoms. The van der Waals surface area contributed by atoms with Crippen molar-refractivity contribution in [2.24, 2.45) is 28.5 Å². The van der Waals surface area contributed by atoms with Crippen LogP contribution in [0.4, 0.5) is 0 Å². The maximum atomic E-state index is 15.1. The number of carbonyl (C=O) groups excluding carboxylic acids is 2. The molecule has 170 valence electrons. The van der Waals surface area contributed by atoms with E-state index >= 15 is 4.79 Å². The molecular formula is C25H34O6. The molecule has 6 nitrogen and oxygen atoms in total. The van der Waals surface area contributed by atoms with Crippen molar-refractivity contribution in [1.29, 1.82) is 2.86 Å². The van der Waals surface area contributed by atoms with Crippen molar-refractivity contribution in [2.75, 3.05) is 6.56 Å². The van der Waals surface area contributed by atoms with Gasteiger partial charge in [0.2, 0.25) is 2.86 Å². The third-order valence-electron chi connectivity index (χ3n) is 5.17. The van der Waals surface area contributed by atoms with Gasteiger partial charge in [-0.15, -0.1) is 0 Å². The molecule has 4 aliphatic carbocycles. The summed E-state index contributed by atoms with van der Waals surface area (Å²) in [6.07, 6.45) is -47.3. The lowest BCUT2D eigenvalue weighted by Gasteiger charge is -2.59. The van der Waals surface area contributed by atoms with E-state index in [1.165, 1.54) is 0 Å². The fourth-order valence-corrected chi connectivity index (χ4v) is 3.85. The summed E-state index contributed by atoms with van der Waals surface area (Å²) in [5, 5.41) is 8.02. The molecule has 1 saturated heterocycles. The Balaban J connectivity index is 2.32. The molecule has 4 fully saturated rings. The Kier molecular flexibility index (Phi) is 1.22. The maximum Gasteiger partial charge on any atom is 0.211 e. The van der Waals surface area contributed by atoms with E-state index in [0.29, 0.717) is 0 Å². The molecule has 0 aromatic heterocycles. The first-order valence-electron chi connectivity index (χ1n) is 25.2. The Hall–Kier alpha value is -1.34. The Labute approximate surface area is 231 Å². The van der Waals surface area contributed by atoms with Crippen molar-refractivity contribution in [3.05, 3.63) is 23.7 Å². The van der Waals surface area contributed by atoms with Crippen molar-refractivity contribution in [3.8, 4) is 0 Å². The van der Waals surface area contributed by atoms with Crippen LogP contribution < -0.4 is 0 Å². The minimum Gasteiger partial charge on any atom is -0.393 e. The van der Waals surface area contributed by atoms with E-state index < -0.39 is 153 Å². The Morgan fingerprint density at radius 1 is 1.55 bits per heavy atom. The van der Waals surface area contributed by atoms with Gasteiger partial charge < -0.3 is 19.7 Å². The zero-order valence-corrected chi connectivity index (χ0v) is 14.9. The quantitative estimate of drug-likeness (QED) is 0.628. The number of hydrogen-bond donors (Lipinski definition) is 2. The van der Waals surface area contributed by atoms with Crippen molar-refractivity contribution in [2.45, 2.75) is 82.8 Å². The minimum atomic E-state index is -5.89. The second kappa shape index (κ2) is 7.08. The molecule has 5 rings (SSSR count). The maximum absolute atomic E-state index is 15.1. The number of ketones is 2. The van der Waals surface area contributed by atoms with Gasteiger partial charge in [0.05, 0.1) is 23.1 Å². The highest BCUT2D eigenvalue weighted by molar-refractivity contribution is 6.01. The van der Waals surface area contributed by atoms with Crippen LogP contribution in [0, 0.1) is 28.5 Å². The summed E-state index contributed by atoms with van der Waals surface area (Å²) in [7, 11) is 0. The molecule has 0 amide bonds. The zero-order valence-electron chi connectivity index (χ0n) is 48.9. The van der Waals surface area contributed by atoms with Crippen LogP contribution in [0.3, 0.4) is 0 Å². The molecule has 1 aliphatic heterocycles. The van der Waals surface area contributed by atoms with Gasteiger partial charge in [-0.1, -0.05) is 38.6 Å². The molecule has 0 aromatic carbocycles. The highest BCUT2D eigenvalue weighted by Crippen LogP contribution is 2.69. The van der Waals surface area contributed by atoms with Gasteiger partial charge >= 0.3 is 0 Å². The molecule has 0 bridgehead atoms. The molecule has 3 saturated carbocycles. The largest absolute Gasteiger partial charge is 0.393 e. The van der Waals surface area contributed by atoms with Gasteiger partial charge in [0.1, 0.15) is 6.56 Å². The Morgan fingerprint density at radius 2 is 2.48 bits per heavy atom. The third kappa shape index (κ3) is 2.65. The Bertz CT molecular complexity index is 2210. The summed E-state index contributed by atoms with van der Waals surface area (Å²) in [5.74, 6) is -22.6. The first-order chi connectivity index (χ1) is 28.2. The zero-order chi connectivity index (χ0) is 51.8. The SMILES string of the molecule is [2H]OC([2H])([2H])C(=O)[C@@]12OC([2H])(C([2H])([2H])C([2H])([2H])C([2H])([2H])[2H])O[C@]1([2H])C([2H])([2H])[C@@]1([2H])[C@]3([2H])C([2H])([2H])C([2H])([2H])C4=C([2H])C(=O)C([2H])=C([2H])[C@]4(C([2H])([2H])[2H])[C@@]3([2H])C([2H])(O[2H])C([2H])([2H])[C@]21C([2H])([2H])[2H]. The molecule has 5 aliphatic rings. The van der Waals surface area contributed by atoms with Gasteiger partial charge in [-0.25, -0.2) is 0 Å². The summed E-state index contributed by atoms with van der Waals surface area (Å²) >= 11 is 0. The van der Waals surface area contributed by atoms with Crippen LogP contribution in [0.25, 0.3) is 0 Å². The number of aliphatic hydroxyl groups is 2. The van der Waals surface area contributed by atoms with Gasteiger partial charge in [0.15, 0.2) is 23.4 Å². The van der Waals surface area contributed by atoms with Crippen LogP contribution >= 0.6 is 0 Å². The number of Topliss-reactive ketones (excluding diaryl/α,β-unsaturated/α-hetero) is 1. The fourth-order valence-electron chi connectivity index (χ4n) is 3.85. The van der Waals surface area contributed by atoms with Crippen LogP contribution in [-0.4, -0.2) is 55.2 Å². The van der Waals surface area contributed by atoms with E-state index in [1.54, 1.807) is 0 Å². The van der Waals surface area contributed by atoms with E-state index in [-0.39, 0.29) is 0 Å². The minimum absolute atomic E-state index is 2.09. The van der Waals surface area contributed by atoms with E-state index in [0.717, 1.165) is 0 Å². The monoisotopic (exact) mass is 464 g/mol. The molecule has 0 radical (unpaired) electrons. The van der Waals surface area contributed by atoms with Gasteiger partial charge in [-0.05, 0) is 55.8 Å². The van der Waals surface area contributed by atoms with Gasteiger partial charge in [0, 0.05) is 49.6 Å². The van der Waals surface area contributed by atoms with Gasteiger partial charge in [0.25, 0.3) is 0 Å². The average molecular weight is 465 g/mol. The number of carbonyl (C=O) groups is 2. The predicted octanol–water partition coefficient (Wildman–Crippen LogP) is 2.72. The molecule has 0 spiro atoms. The van der Waals surface area contributed by atoms with Crippen LogP contribution in [-0.2, 0) is 19.1 Å². The third-order valence-corrected chi connectivity index (χ3v) is 5.17. The van der Waals surface area contributed by atoms with Crippen molar-refractivity contribution in [1.82, 2.24) is 0 Å². The summed E-state index contributed by atoms with van der Waals surface area (Å²) in [6.45, 7) is -19.5. The van der Waals surface area contributed by atoms with Crippen LogP contribution in [0.15, 0.2) is 23.7 Å². The van der Waals surface area contributed by atoms with Gasteiger partial charge in [-0.3, -0.25) is 9.59 Å². The highest BCUT2D eigenvalue weighted by atomic mass is 16.7. The summed E-state index contributed by atoms with van der Waals surface area (Å²) in [4.78, 5) is 28.3. The first kappa shape index (κ1) is 5.32. The molecule has 2 unspecified atom stereocenters. The van der Waals surface area contributed by atoms with Crippen molar-refractivity contribution < 1.29 is 73.1 Å². The number of ether oxygens (including phenoxy) is 2. The lowest BCUT2D eigenvalue weighted by molar-refractivity contribution is -0.200. The van der Waals surface area contributed by atoms with E-state index in [1.807, 2.05) is 0 Å². The number of rotatable bonds is 6. The highest BCUT2D eigenvalue weighted by Gasteiger charge is 2.75. The lowest BCUT2D eigenvalue weighted by Crippen LogP contribution is -2.63. The first-order valence-corrected chi connectivity index (χ1v) is 8.38. The van der Waals surface area contributed by atoms with Crippen LogP contribution in [0.2, 0.25) is 0 Å².